The molecule has 0 aromatic carbocycles. The molecule has 0 saturated heterocycles. The molecule has 0 atom stereocenters. The Labute approximate surface area is 111 Å². The second-order valence-electron chi connectivity index (χ2n) is 0. The summed E-state index contributed by atoms with van der Waals surface area (Å²) < 4.78 is 0. The summed E-state index contributed by atoms with van der Waals surface area (Å²) in [6.07, 6.45) is 0. The maximum atomic E-state index is 0. The van der Waals surface area contributed by atoms with Crippen LogP contribution in [0.3, 0.4) is 0 Å². The van der Waals surface area contributed by atoms with Crippen molar-refractivity contribution in [1.82, 2.24) is 0 Å². The topological polar surface area (TPSA) is 0 Å². The molecule has 4 heteroatoms. The minimum atomic E-state index is 0. The first kappa shape index (κ1) is 25.5. The van der Waals surface area contributed by atoms with Gasteiger partial charge in [-0.1, -0.05) is 0 Å². The summed E-state index contributed by atoms with van der Waals surface area (Å²) in [6, 6.07) is 0. The smallest absolute Gasteiger partial charge is 1.00 e. The van der Waals surface area contributed by atoms with Crippen LogP contribution < -0.4 is 0 Å². The molecule has 0 heterocycles. The molecule has 0 aromatic heterocycles. The van der Waals surface area contributed by atoms with Gasteiger partial charge in [0.2, 0.25) is 0 Å². The SMILES string of the molecule is [Fe].[H-].[H-].[Sc].[Sr+2].[Ta]. The average Bonchev–Trinajstić information content (AvgIpc) is 0. The Bertz CT molecular complexity index is 13.5. The minimum Gasteiger partial charge on any atom is -1.00 e. The Morgan fingerprint density at radius 2 is 1.25 bits per heavy atom. The van der Waals surface area contributed by atoms with E-state index in [1.165, 1.54) is 0 Å². The third-order valence-electron chi connectivity index (χ3n) is 0. The van der Waals surface area contributed by atoms with Crippen molar-refractivity contribution in [2.24, 2.45) is 0 Å². The molecule has 0 aliphatic heterocycles. The van der Waals surface area contributed by atoms with Gasteiger partial charge in [-0.3, -0.25) is 0 Å². The fraction of sp³-hybridized carbons (Fsp3) is 0. The molecule has 0 fully saturated rings. The van der Waals surface area contributed by atoms with Gasteiger partial charge in [0.05, 0.1) is 0 Å². The van der Waals surface area contributed by atoms with Gasteiger partial charge in [0.15, 0.2) is 0 Å². The molecule has 0 N–H and O–H groups in total. The summed E-state index contributed by atoms with van der Waals surface area (Å²) >= 11 is 0. The fourth-order valence-corrected chi connectivity index (χ4v) is 0. The van der Waals surface area contributed by atoms with Crippen LogP contribution in [0.1, 0.15) is 2.85 Å². The molecule has 0 saturated carbocycles. The Hall–Kier alpha value is 3.61. The van der Waals surface area contributed by atoms with E-state index in [0.29, 0.717) is 0 Å². The van der Waals surface area contributed by atoms with Crippen molar-refractivity contribution >= 4 is 45.5 Å². The molecular formula is H2FeScSrTa. The summed E-state index contributed by atoms with van der Waals surface area (Å²) in [4.78, 5) is 0. The first-order valence-electron chi connectivity index (χ1n) is 0. The third kappa shape index (κ3) is 9.15. The number of hydrogen-bond acceptors (Lipinski definition) is 0. The zero-order chi connectivity index (χ0) is 0. The van der Waals surface area contributed by atoms with E-state index < -0.39 is 0 Å². The van der Waals surface area contributed by atoms with Crippen LogP contribution in [-0.2, 0) is 65.3 Å². The van der Waals surface area contributed by atoms with Crippen LogP contribution in [-0.4, -0.2) is 45.5 Å². The van der Waals surface area contributed by atoms with Gasteiger partial charge in [-0.2, -0.15) is 0 Å². The maximum Gasteiger partial charge on any atom is 2.00 e. The maximum absolute atomic E-state index is 0. The normalized spacial score (nSPS) is 0. The summed E-state index contributed by atoms with van der Waals surface area (Å²) in [5.41, 5.74) is 0. The van der Waals surface area contributed by atoms with Crippen molar-refractivity contribution < 1.29 is 68.1 Å². The van der Waals surface area contributed by atoms with Crippen LogP contribution in [0, 0.1) is 0 Å². The van der Waals surface area contributed by atoms with Crippen molar-refractivity contribution in [2.45, 2.75) is 0 Å². The van der Waals surface area contributed by atoms with Crippen LogP contribution in [0.25, 0.3) is 0 Å². The van der Waals surface area contributed by atoms with E-state index in [4.69, 9.17) is 0 Å². The second-order valence-corrected chi connectivity index (χ2v) is 0. The molecule has 0 amide bonds. The van der Waals surface area contributed by atoms with Crippen LogP contribution in [0.5, 0.6) is 0 Å². The van der Waals surface area contributed by atoms with E-state index in [0.717, 1.165) is 0 Å². The van der Waals surface area contributed by atoms with Gasteiger partial charge >= 0.3 is 45.5 Å². The molecule has 4 heavy (non-hydrogen) atoms. The predicted molar refractivity (Wildman–Crippen MR) is 7.98 cm³/mol. The quantitative estimate of drug-likeness (QED) is 0.519. The Kier molecular flexibility index (Phi) is 102. The molecule has 0 rings (SSSR count). The molecule has 0 nitrogen and oxygen atoms in total. The molecule has 0 aliphatic carbocycles. The first-order valence-corrected chi connectivity index (χ1v) is 0. The third-order valence-corrected chi connectivity index (χ3v) is 0. The molecule has 0 unspecified atom stereocenters. The van der Waals surface area contributed by atoms with Crippen molar-refractivity contribution in [3.63, 3.8) is 0 Å². The summed E-state index contributed by atoms with van der Waals surface area (Å²) in [5.74, 6) is 0. The zero-order valence-corrected chi connectivity index (χ0v) is 11.7. The zero-order valence-electron chi connectivity index (χ0n) is 4.09. The largest absolute Gasteiger partial charge is 2.00 e. The summed E-state index contributed by atoms with van der Waals surface area (Å²) in [6.45, 7) is 0. The van der Waals surface area contributed by atoms with Crippen molar-refractivity contribution in [3.8, 4) is 0 Å². The molecular weight excluding hydrogens is 369 g/mol. The van der Waals surface area contributed by atoms with Gasteiger partial charge in [-0.25, -0.2) is 0 Å². The first-order chi connectivity index (χ1) is 0. The minimum absolute atomic E-state index is 0. The van der Waals surface area contributed by atoms with Crippen molar-refractivity contribution in [3.05, 3.63) is 0 Å². The monoisotopic (exact) mass is 372 g/mol. The second kappa shape index (κ2) is 16.0. The average molecular weight is 371 g/mol. The van der Waals surface area contributed by atoms with E-state index >= 15 is 0 Å². The Balaban J connectivity index is 0. The molecule has 0 bridgehead atoms. The number of rotatable bonds is 0. The van der Waals surface area contributed by atoms with Crippen LogP contribution in [0.4, 0.5) is 0 Å². The van der Waals surface area contributed by atoms with Crippen LogP contribution in [0.15, 0.2) is 0 Å². The summed E-state index contributed by atoms with van der Waals surface area (Å²) in [7, 11) is 0. The van der Waals surface area contributed by atoms with Gasteiger partial charge < -0.3 is 2.85 Å². The standard InChI is InChI=1S/Fe.Sc.Sr.Ta.2H/q;;+2;;2*-1. The van der Waals surface area contributed by atoms with E-state index in [-0.39, 0.29) is 114 Å². The van der Waals surface area contributed by atoms with E-state index in [1.54, 1.807) is 0 Å². The van der Waals surface area contributed by atoms with Crippen molar-refractivity contribution in [2.75, 3.05) is 0 Å². The van der Waals surface area contributed by atoms with E-state index in [9.17, 15) is 0 Å². The molecule has 0 aliphatic rings. The van der Waals surface area contributed by atoms with E-state index in [1.807, 2.05) is 0 Å². The molecule has 0 aromatic rings. The fourth-order valence-electron chi connectivity index (χ4n) is 0. The molecule has 20 valence electrons. The number of hydrogen-bond donors (Lipinski definition) is 0. The Morgan fingerprint density at radius 3 is 1.25 bits per heavy atom. The Morgan fingerprint density at radius 1 is 1.25 bits per heavy atom. The van der Waals surface area contributed by atoms with Crippen LogP contribution in [0.2, 0.25) is 0 Å². The van der Waals surface area contributed by atoms with Gasteiger partial charge in [-0.15, -0.1) is 0 Å². The van der Waals surface area contributed by atoms with E-state index in [2.05, 4.69) is 0 Å². The van der Waals surface area contributed by atoms with Crippen molar-refractivity contribution in [1.29, 1.82) is 0 Å². The van der Waals surface area contributed by atoms with Gasteiger partial charge in [0, 0.05) is 65.3 Å². The van der Waals surface area contributed by atoms with Gasteiger partial charge in [0.25, 0.3) is 0 Å². The molecule has 0 spiro atoms. The summed E-state index contributed by atoms with van der Waals surface area (Å²) in [5, 5.41) is 0. The van der Waals surface area contributed by atoms with Crippen LogP contribution >= 0.6 is 0 Å². The van der Waals surface area contributed by atoms with Gasteiger partial charge in [0.1, 0.15) is 0 Å². The molecule has 2 radical (unpaired) electrons. The van der Waals surface area contributed by atoms with Gasteiger partial charge in [-0.05, 0) is 0 Å². The predicted octanol–water partition coefficient (Wildman–Crippen LogP) is -0.163.